The molecule has 1 aliphatic heterocycles. The number of carboxylic acids is 1. The summed E-state index contributed by atoms with van der Waals surface area (Å²) in [7, 11) is -1.37. The van der Waals surface area contributed by atoms with Gasteiger partial charge in [0.05, 0.1) is 18.1 Å². The number of unbranched alkanes of at least 4 members (excludes halogenated alkanes) is 1. The Bertz CT molecular complexity index is 527. The van der Waals surface area contributed by atoms with E-state index in [1.807, 2.05) is 6.92 Å². The molecule has 0 spiro atoms. The first-order valence-corrected chi connectivity index (χ1v) is 6.22. The van der Waals surface area contributed by atoms with Gasteiger partial charge in [-0.2, -0.15) is 0 Å². The Balaban J connectivity index is 0.00000220. The van der Waals surface area contributed by atoms with Crippen molar-refractivity contribution in [3.63, 3.8) is 0 Å². The molecule has 1 aliphatic rings. The van der Waals surface area contributed by atoms with Crippen LogP contribution in [-0.4, -0.2) is 31.2 Å². The van der Waals surface area contributed by atoms with E-state index in [0.29, 0.717) is 6.42 Å². The molecule has 108 valence electrons. The summed E-state index contributed by atoms with van der Waals surface area (Å²) in [6, 6.07) is 0.917. The van der Waals surface area contributed by atoms with Crippen LogP contribution in [0.15, 0.2) is 6.07 Å². The molecule has 0 aliphatic carbocycles. The van der Waals surface area contributed by atoms with Crippen LogP contribution in [-0.2, 0) is 0 Å². The van der Waals surface area contributed by atoms with Crippen molar-refractivity contribution in [3.8, 4) is 17.2 Å². The second-order valence-electron chi connectivity index (χ2n) is 4.26. The van der Waals surface area contributed by atoms with E-state index in [0.717, 1.165) is 12.5 Å². The van der Waals surface area contributed by atoms with E-state index < -0.39 is 30.2 Å². The van der Waals surface area contributed by atoms with Crippen LogP contribution < -0.4 is 48.8 Å². The van der Waals surface area contributed by atoms with Crippen molar-refractivity contribution in [2.45, 2.75) is 19.8 Å². The number of hydrogen-bond donors (Lipinski definition) is 1. The molecule has 0 atom stereocenters. The minimum absolute atomic E-state index is 0. The van der Waals surface area contributed by atoms with E-state index in [-0.39, 0.29) is 54.2 Å². The average molecular weight is 306 g/mol. The third-order valence-corrected chi connectivity index (χ3v) is 2.74. The summed E-state index contributed by atoms with van der Waals surface area (Å²) in [5.74, 6) is -3.38. The third kappa shape index (κ3) is 4.03. The van der Waals surface area contributed by atoms with Crippen molar-refractivity contribution >= 4 is 13.1 Å². The Morgan fingerprint density at radius 3 is 2.90 bits per heavy atom. The van der Waals surface area contributed by atoms with E-state index in [2.05, 4.69) is 0 Å². The maximum Gasteiger partial charge on any atom is 1.00 e. The average Bonchev–Trinajstić information content (AvgIpc) is 2.38. The number of aromatic carboxylic acids is 1. The van der Waals surface area contributed by atoms with Gasteiger partial charge in [0.25, 0.3) is 0 Å². The van der Waals surface area contributed by atoms with Crippen molar-refractivity contribution in [1.29, 1.82) is 0 Å². The van der Waals surface area contributed by atoms with Crippen molar-refractivity contribution in [2.75, 3.05) is 13.1 Å². The first kappa shape index (κ1) is 18.1. The second-order valence-corrected chi connectivity index (χ2v) is 4.26. The smallest absolute Gasteiger partial charge is 0.545 e. The third-order valence-electron chi connectivity index (χ3n) is 2.74. The van der Waals surface area contributed by atoms with Crippen molar-refractivity contribution in [2.24, 2.45) is 0 Å². The molecule has 1 N–H and O–H groups in total. The van der Waals surface area contributed by atoms with Crippen LogP contribution in [0.3, 0.4) is 0 Å². The number of rotatable bonds is 5. The summed E-state index contributed by atoms with van der Waals surface area (Å²) in [6.45, 7) is 1.88. The molecule has 0 aromatic heterocycles. The number of carbonyl (C=O) groups excluding carboxylic acids is 1. The summed E-state index contributed by atoms with van der Waals surface area (Å²) < 4.78 is 29.0. The minimum atomic E-state index is -1.59. The molecule has 0 saturated heterocycles. The molecule has 0 bridgehead atoms. The Hall–Kier alpha value is -0.955. The van der Waals surface area contributed by atoms with Gasteiger partial charge in [0, 0.05) is 6.07 Å². The molecule has 1 heterocycles. The zero-order chi connectivity index (χ0) is 14.7. The standard InChI is InChI=1S/C12H14BFO6.Na/c1-2-3-4-18-8-5-7(14)10-11(9(8)12(15)16)20-13(17)6-19-10;/h5,17H,2-4,6H2,1H3,(H,15,16);/q;+1/p-1. The Morgan fingerprint density at radius 1 is 1.57 bits per heavy atom. The number of carboxylic acid groups (broad SMARTS) is 1. The van der Waals surface area contributed by atoms with E-state index in [9.17, 15) is 19.3 Å². The zero-order valence-corrected chi connectivity index (χ0v) is 13.8. The van der Waals surface area contributed by atoms with E-state index >= 15 is 0 Å². The predicted octanol–water partition coefficient (Wildman–Crippen LogP) is -2.84. The Kier molecular flexibility index (Phi) is 6.79. The van der Waals surface area contributed by atoms with Crippen LogP contribution in [0, 0.1) is 5.82 Å². The summed E-state index contributed by atoms with van der Waals surface area (Å²) in [5, 5.41) is 20.5. The van der Waals surface area contributed by atoms with Crippen LogP contribution in [0.4, 0.5) is 4.39 Å². The van der Waals surface area contributed by atoms with Crippen molar-refractivity contribution in [1.82, 2.24) is 0 Å². The van der Waals surface area contributed by atoms with Crippen LogP contribution in [0.5, 0.6) is 17.2 Å². The van der Waals surface area contributed by atoms with Crippen LogP contribution in [0.2, 0.25) is 0 Å². The first-order chi connectivity index (χ1) is 9.54. The molecule has 2 rings (SSSR count). The fourth-order valence-electron chi connectivity index (χ4n) is 1.79. The molecular formula is C12H13BFNaO6. The SMILES string of the molecule is CCCCOc1cc(F)c2c(c1C(=O)[O-])OB(O)CO2.[Na+]. The maximum atomic E-state index is 13.8. The molecule has 0 radical (unpaired) electrons. The molecule has 0 fully saturated rings. The minimum Gasteiger partial charge on any atom is -0.545 e. The van der Waals surface area contributed by atoms with E-state index in [1.54, 1.807) is 0 Å². The molecule has 0 unspecified atom stereocenters. The first-order valence-electron chi connectivity index (χ1n) is 6.22. The van der Waals surface area contributed by atoms with Crippen LogP contribution in [0.25, 0.3) is 0 Å². The molecule has 21 heavy (non-hydrogen) atoms. The number of ether oxygens (including phenoxy) is 2. The van der Waals surface area contributed by atoms with Gasteiger partial charge in [-0.05, 0) is 6.42 Å². The number of benzene rings is 1. The van der Waals surface area contributed by atoms with Gasteiger partial charge in [-0.1, -0.05) is 13.3 Å². The largest absolute Gasteiger partial charge is 1.00 e. The maximum absolute atomic E-state index is 13.8. The van der Waals surface area contributed by atoms with Gasteiger partial charge in [-0.15, -0.1) is 0 Å². The molecule has 9 heteroatoms. The summed E-state index contributed by atoms with van der Waals surface area (Å²) in [5.41, 5.74) is -0.462. The van der Waals surface area contributed by atoms with Gasteiger partial charge < -0.3 is 29.1 Å². The van der Waals surface area contributed by atoms with E-state index in [4.69, 9.17) is 14.1 Å². The normalized spacial score (nSPS) is 12.6. The molecule has 1 aromatic rings. The summed E-state index contributed by atoms with van der Waals surface area (Å²) in [6.07, 6.45) is 1.53. The quantitative estimate of drug-likeness (QED) is 0.466. The van der Waals surface area contributed by atoms with Gasteiger partial charge >= 0.3 is 36.7 Å². The molecule has 0 saturated carbocycles. The zero-order valence-electron chi connectivity index (χ0n) is 11.8. The van der Waals surface area contributed by atoms with Gasteiger partial charge in [-0.3, -0.25) is 0 Å². The monoisotopic (exact) mass is 306 g/mol. The number of halogens is 1. The van der Waals surface area contributed by atoms with Gasteiger partial charge in [0.15, 0.2) is 17.3 Å². The Morgan fingerprint density at radius 2 is 2.29 bits per heavy atom. The second kappa shape index (κ2) is 7.88. The topological polar surface area (TPSA) is 88.1 Å². The summed E-state index contributed by atoms with van der Waals surface area (Å²) in [4.78, 5) is 11.2. The number of carbonyl (C=O) groups is 1. The molecular weight excluding hydrogens is 293 g/mol. The van der Waals surface area contributed by atoms with E-state index in [1.165, 1.54) is 0 Å². The Labute approximate surface area is 143 Å². The summed E-state index contributed by atoms with van der Waals surface area (Å²) >= 11 is 0. The van der Waals surface area contributed by atoms with Gasteiger partial charge in [-0.25, -0.2) is 4.39 Å². The van der Waals surface area contributed by atoms with Gasteiger partial charge in [0.1, 0.15) is 12.3 Å². The van der Waals surface area contributed by atoms with Crippen molar-refractivity contribution in [3.05, 3.63) is 17.4 Å². The molecule has 6 nitrogen and oxygen atoms in total. The van der Waals surface area contributed by atoms with Crippen LogP contribution in [0.1, 0.15) is 30.1 Å². The van der Waals surface area contributed by atoms with Crippen LogP contribution >= 0.6 is 0 Å². The molecule has 1 aromatic carbocycles. The predicted molar refractivity (Wildman–Crippen MR) is 65.2 cm³/mol. The fourth-order valence-corrected chi connectivity index (χ4v) is 1.79. The van der Waals surface area contributed by atoms with Crippen molar-refractivity contribution < 1.29 is 63.0 Å². The number of hydrogen-bond acceptors (Lipinski definition) is 6. The molecule has 0 amide bonds. The number of fused-ring (bicyclic) bond motifs is 1. The van der Waals surface area contributed by atoms with Gasteiger partial charge in [0.2, 0.25) is 0 Å². The fraction of sp³-hybridized carbons (Fsp3) is 0.417.